The Morgan fingerprint density at radius 2 is 1.72 bits per heavy atom. The van der Waals surface area contributed by atoms with Crippen LogP contribution in [0.3, 0.4) is 0 Å². The number of likely N-dealkylation sites (tertiary alicyclic amines) is 1. The molecule has 4 rings (SSSR count). The van der Waals surface area contributed by atoms with Crippen molar-refractivity contribution in [3.8, 4) is 0 Å². The molecule has 0 aliphatic carbocycles. The van der Waals surface area contributed by atoms with Crippen LogP contribution in [0, 0.1) is 10.8 Å². The SMILES string of the molecule is O=C(c1ccccc1)C1CCN(Cn2c(=S)oc3ccccc32)CC1. The third kappa shape index (κ3) is 3.30. The summed E-state index contributed by atoms with van der Waals surface area (Å²) in [7, 11) is 0. The number of hydrogen-bond acceptors (Lipinski definition) is 4. The van der Waals surface area contributed by atoms with E-state index < -0.39 is 0 Å². The van der Waals surface area contributed by atoms with Crippen LogP contribution in [0.25, 0.3) is 11.1 Å². The van der Waals surface area contributed by atoms with E-state index in [2.05, 4.69) is 4.90 Å². The summed E-state index contributed by atoms with van der Waals surface area (Å²) >= 11 is 5.37. The van der Waals surface area contributed by atoms with E-state index in [1.54, 1.807) is 0 Å². The normalized spacial score (nSPS) is 16.3. The number of carbonyl (C=O) groups excluding carboxylic acids is 1. The van der Waals surface area contributed by atoms with Crippen molar-refractivity contribution in [2.24, 2.45) is 5.92 Å². The lowest BCUT2D eigenvalue weighted by molar-refractivity contribution is 0.0810. The summed E-state index contributed by atoms with van der Waals surface area (Å²) < 4.78 is 7.69. The molecule has 1 aliphatic rings. The number of ketones is 1. The molecule has 128 valence electrons. The first-order chi connectivity index (χ1) is 12.2. The van der Waals surface area contributed by atoms with Crippen LogP contribution in [-0.4, -0.2) is 28.3 Å². The second-order valence-corrected chi connectivity index (χ2v) is 6.88. The molecule has 25 heavy (non-hydrogen) atoms. The van der Waals surface area contributed by atoms with Gasteiger partial charge in [-0.25, -0.2) is 0 Å². The number of benzene rings is 2. The number of carbonyl (C=O) groups is 1. The van der Waals surface area contributed by atoms with E-state index in [-0.39, 0.29) is 11.7 Å². The summed E-state index contributed by atoms with van der Waals surface area (Å²) in [5.74, 6) is 0.387. The van der Waals surface area contributed by atoms with E-state index >= 15 is 0 Å². The van der Waals surface area contributed by atoms with Gasteiger partial charge in [0.15, 0.2) is 11.4 Å². The zero-order valence-electron chi connectivity index (χ0n) is 13.9. The maximum atomic E-state index is 12.6. The molecule has 0 saturated carbocycles. The standard InChI is InChI=1S/C20H20N2O2S/c23-19(15-6-2-1-3-7-15)16-10-12-21(13-11-16)14-22-17-8-4-5-9-18(17)24-20(22)25/h1-9,16H,10-14H2. The van der Waals surface area contributed by atoms with Gasteiger partial charge in [0.25, 0.3) is 4.84 Å². The Morgan fingerprint density at radius 3 is 2.48 bits per heavy atom. The molecule has 5 heteroatoms. The van der Waals surface area contributed by atoms with Crippen molar-refractivity contribution in [1.29, 1.82) is 0 Å². The van der Waals surface area contributed by atoms with Crippen molar-refractivity contribution in [3.05, 3.63) is 65.0 Å². The summed E-state index contributed by atoms with van der Waals surface area (Å²) in [6.45, 7) is 2.50. The molecule has 0 spiro atoms. The van der Waals surface area contributed by atoms with Gasteiger partial charge < -0.3 is 4.42 Å². The van der Waals surface area contributed by atoms with Crippen molar-refractivity contribution in [2.75, 3.05) is 13.1 Å². The number of aromatic nitrogens is 1. The minimum atomic E-state index is 0.118. The van der Waals surface area contributed by atoms with Gasteiger partial charge in [-0.3, -0.25) is 14.3 Å². The molecule has 2 heterocycles. The van der Waals surface area contributed by atoms with E-state index in [1.807, 2.05) is 59.2 Å². The molecule has 4 nitrogen and oxygen atoms in total. The minimum absolute atomic E-state index is 0.118. The fraction of sp³-hybridized carbons (Fsp3) is 0.300. The molecule has 0 atom stereocenters. The molecule has 1 saturated heterocycles. The first-order valence-electron chi connectivity index (χ1n) is 8.62. The van der Waals surface area contributed by atoms with Gasteiger partial charge in [0, 0.05) is 24.6 Å². The summed E-state index contributed by atoms with van der Waals surface area (Å²) in [4.78, 5) is 15.4. The molecule has 0 N–H and O–H groups in total. The summed E-state index contributed by atoms with van der Waals surface area (Å²) in [5.41, 5.74) is 2.67. The molecular weight excluding hydrogens is 332 g/mol. The van der Waals surface area contributed by atoms with Gasteiger partial charge in [0.1, 0.15) is 0 Å². The molecule has 0 unspecified atom stereocenters. The number of oxazole rings is 1. The highest BCUT2D eigenvalue weighted by Gasteiger charge is 2.26. The number of nitrogens with zero attached hydrogens (tertiary/aromatic N) is 2. The molecular formula is C20H20N2O2S. The van der Waals surface area contributed by atoms with Crippen molar-refractivity contribution in [1.82, 2.24) is 9.47 Å². The van der Waals surface area contributed by atoms with E-state index in [1.165, 1.54) is 0 Å². The lowest BCUT2D eigenvalue weighted by Gasteiger charge is -2.31. The highest BCUT2D eigenvalue weighted by molar-refractivity contribution is 7.71. The van der Waals surface area contributed by atoms with Crippen molar-refractivity contribution < 1.29 is 9.21 Å². The maximum absolute atomic E-state index is 12.6. The van der Waals surface area contributed by atoms with Crippen LogP contribution in [0.2, 0.25) is 0 Å². The van der Waals surface area contributed by atoms with Crippen LogP contribution < -0.4 is 0 Å². The first-order valence-corrected chi connectivity index (χ1v) is 9.03. The Kier molecular flexibility index (Phi) is 4.51. The molecule has 2 aromatic carbocycles. The fourth-order valence-corrected chi connectivity index (χ4v) is 3.77. The van der Waals surface area contributed by atoms with Crippen LogP contribution in [-0.2, 0) is 6.67 Å². The molecule has 0 radical (unpaired) electrons. The predicted molar refractivity (Wildman–Crippen MR) is 100 cm³/mol. The van der Waals surface area contributed by atoms with E-state index in [0.29, 0.717) is 11.5 Å². The molecule has 1 aliphatic heterocycles. The summed E-state index contributed by atoms with van der Waals surface area (Å²) in [6, 6.07) is 17.5. The summed E-state index contributed by atoms with van der Waals surface area (Å²) in [6.07, 6.45) is 1.77. The van der Waals surface area contributed by atoms with E-state index in [0.717, 1.165) is 42.6 Å². The number of hydrogen-bond donors (Lipinski definition) is 0. The van der Waals surface area contributed by atoms with Gasteiger partial charge in [0.2, 0.25) is 0 Å². The molecule has 3 aromatic rings. The molecule has 1 aromatic heterocycles. The van der Waals surface area contributed by atoms with Gasteiger partial charge in [-0.2, -0.15) is 0 Å². The predicted octanol–water partition coefficient (Wildman–Crippen LogP) is 4.52. The average Bonchev–Trinajstić information content (AvgIpc) is 2.98. The van der Waals surface area contributed by atoms with Crippen LogP contribution in [0.5, 0.6) is 0 Å². The number of rotatable bonds is 4. The van der Waals surface area contributed by atoms with Crippen LogP contribution in [0.4, 0.5) is 0 Å². The van der Waals surface area contributed by atoms with Crippen LogP contribution >= 0.6 is 12.2 Å². The Morgan fingerprint density at radius 1 is 1.04 bits per heavy atom. The van der Waals surface area contributed by atoms with Gasteiger partial charge in [-0.15, -0.1) is 0 Å². The summed E-state index contributed by atoms with van der Waals surface area (Å²) in [5, 5.41) is 0. The van der Waals surface area contributed by atoms with Crippen molar-refractivity contribution in [2.45, 2.75) is 19.5 Å². The largest absolute Gasteiger partial charge is 0.429 e. The topological polar surface area (TPSA) is 38.4 Å². The second kappa shape index (κ2) is 6.94. The average molecular weight is 352 g/mol. The van der Waals surface area contributed by atoms with E-state index in [4.69, 9.17) is 16.6 Å². The zero-order valence-corrected chi connectivity index (χ0v) is 14.7. The Bertz CT molecular complexity index is 937. The lowest BCUT2D eigenvalue weighted by Crippen LogP contribution is -2.37. The van der Waals surface area contributed by atoms with Crippen LogP contribution in [0.15, 0.2) is 59.0 Å². The number of piperidine rings is 1. The van der Waals surface area contributed by atoms with Crippen LogP contribution in [0.1, 0.15) is 23.2 Å². The highest BCUT2D eigenvalue weighted by atomic mass is 32.1. The van der Waals surface area contributed by atoms with Gasteiger partial charge >= 0.3 is 0 Å². The quantitative estimate of drug-likeness (QED) is 0.511. The number of fused-ring (bicyclic) bond motifs is 1. The second-order valence-electron chi connectivity index (χ2n) is 6.53. The Hall–Kier alpha value is -2.24. The Balaban J connectivity index is 1.43. The van der Waals surface area contributed by atoms with Crippen molar-refractivity contribution in [3.63, 3.8) is 0 Å². The van der Waals surface area contributed by atoms with Gasteiger partial charge in [-0.05, 0) is 37.2 Å². The van der Waals surface area contributed by atoms with Gasteiger partial charge in [-0.1, -0.05) is 42.5 Å². The first kappa shape index (κ1) is 16.2. The molecule has 0 amide bonds. The highest BCUT2D eigenvalue weighted by Crippen LogP contribution is 2.24. The smallest absolute Gasteiger partial charge is 0.270 e. The zero-order chi connectivity index (χ0) is 17.2. The Labute approximate surface area is 151 Å². The molecule has 0 bridgehead atoms. The van der Waals surface area contributed by atoms with Crippen molar-refractivity contribution >= 4 is 29.1 Å². The number of para-hydroxylation sites is 2. The fourth-order valence-electron chi connectivity index (χ4n) is 3.52. The van der Waals surface area contributed by atoms with Gasteiger partial charge in [0.05, 0.1) is 12.2 Å². The third-order valence-electron chi connectivity index (χ3n) is 4.93. The maximum Gasteiger partial charge on any atom is 0.270 e. The molecule has 1 fully saturated rings. The van der Waals surface area contributed by atoms with E-state index in [9.17, 15) is 4.79 Å². The minimum Gasteiger partial charge on any atom is -0.429 e. The third-order valence-corrected chi connectivity index (χ3v) is 5.24. The lowest BCUT2D eigenvalue weighted by atomic mass is 9.89. The number of Topliss-reactive ketones (excluding diaryl/α,β-unsaturated/α-hetero) is 1. The monoisotopic (exact) mass is 352 g/mol.